The lowest BCUT2D eigenvalue weighted by molar-refractivity contribution is -0.154. The Kier molecular flexibility index (Phi) is 5.38. The van der Waals surface area contributed by atoms with Crippen LogP contribution in [0.3, 0.4) is 0 Å². The van der Waals surface area contributed by atoms with Crippen LogP contribution >= 0.6 is 11.6 Å². The molecule has 2 aliphatic rings. The summed E-state index contributed by atoms with van der Waals surface area (Å²) in [5.41, 5.74) is 0.825. The third-order valence-corrected chi connectivity index (χ3v) is 6.14. The second kappa shape index (κ2) is 7.36. The Balaban J connectivity index is 2.06. The molecule has 0 spiro atoms. The summed E-state index contributed by atoms with van der Waals surface area (Å²) in [6.07, 6.45) is 2.85. The summed E-state index contributed by atoms with van der Waals surface area (Å²) in [6, 6.07) is 7.22. The van der Waals surface area contributed by atoms with Crippen molar-refractivity contribution in [2.75, 3.05) is 11.5 Å². The number of amides is 1. The van der Waals surface area contributed by atoms with Crippen LogP contribution in [0, 0.1) is 23.7 Å². The normalized spacial score (nSPS) is 31.3. The number of anilines is 1. The third-order valence-electron chi connectivity index (χ3n) is 5.88. The van der Waals surface area contributed by atoms with Crippen molar-refractivity contribution in [1.29, 1.82) is 0 Å². The third kappa shape index (κ3) is 3.05. The molecular weight excluding hydrogens is 338 g/mol. The van der Waals surface area contributed by atoms with Gasteiger partial charge >= 0.3 is 5.97 Å². The SMILES string of the molecule is CCOC(=O)C1C2C(=O)N(c3ccc(Cl)cc3)C1C(CC)CC2CC. The highest BCUT2D eigenvalue weighted by atomic mass is 35.5. The Morgan fingerprint density at radius 2 is 1.80 bits per heavy atom. The molecule has 25 heavy (non-hydrogen) atoms. The molecule has 136 valence electrons. The van der Waals surface area contributed by atoms with E-state index in [1.165, 1.54) is 0 Å². The maximum absolute atomic E-state index is 13.3. The zero-order valence-corrected chi connectivity index (χ0v) is 15.8. The molecule has 2 bridgehead atoms. The van der Waals surface area contributed by atoms with Gasteiger partial charge in [-0.15, -0.1) is 0 Å². The van der Waals surface area contributed by atoms with Gasteiger partial charge in [0.15, 0.2) is 0 Å². The van der Waals surface area contributed by atoms with Crippen LogP contribution in [-0.4, -0.2) is 24.5 Å². The molecule has 0 N–H and O–H groups in total. The van der Waals surface area contributed by atoms with Crippen LogP contribution < -0.4 is 4.90 Å². The molecule has 5 unspecified atom stereocenters. The van der Waals surface area contributed by atoms with Crippen molar-refractivity contribution in [2.24, 2.45) is 23.7 Å². The first kappa shape index (κ1) is 18.2. The number of hydrogen-bond donors (Lipinski definition) is 0. The minimum absolute atomic E-state index is 0.0631. The van der Waals surface area contributed by atoms with E-state index >= 15 is 0 Å². The lowest BCUT2D eigenvalue weighted by Gasteiger charge is -2.39. The minimum Gasteiger partial charge on any atom is -0.466 e. The second-order valence-electron chi connectivity index (χ2n) is 7.05. The number of carbonyl (C=O) groups excluding carboxylic acids is 2. The lowest BCUT2D eigenvalue weighted by Crippen LogP contribution is -2.46. The maximum atomic E-state index is 13.3. The summed E-state index contributed by atoms with van der Waals surface area (Å²) in [7, 11) is 0. The van der Waals surface area contributed by atoms with Crippen LogP contribution in [0.5, 0.6) is 0 Å². The smallest absolute Gasteiger partial charge is 0.311 e. The van der Waals surface area contributed by atoms with Gasteiger partial charge in [-0.1, -0.05) is 38.3 Å². The van der Waals surface area contributed by atoms with Gasteiger partial charge in [0.25, 0.3) is 0 Å². The van der Waals surface area contributed by atoms with Crippen LogP contribution in [0.2, 0.25) is 5.02 Å². The molecule has 3 rings (SSSR count). The summed E-state index contributed by atoms with van der Waals surface area (Å²) in [5.74, 6) is -0.260. The molecule has 5 atom stereocenters. The molecule has 1 aliphatic carbocycles. The Morgan fingerprint density at radius 1 is 1.16 bits per heavy atom. The predicted molar refractivity (Wildman–Crippen MR) is 98.5 cm³/mol. The summed E-state index contributed by atoms with van der Waals surface area (Å²) in [6.45, 7) is 6.41. The van der Waals surface area contributed by atoms with Gasteiger partial charge in [-0.25, -0.2) is 0 Å². The quantitative estimate of drug-likeness (QED) is 0.732. The molecule has 1 saturated carbocycles. The van der Waals surface area contributed by atoms with Gasteiger partial charge in [-0.3, -0.25) is 9.59 Å². The van der Waals surface area contributed by atoms with E-state index in [1.54, 1.807) is 12.1 Å². The van der Waals surface area contributed by atoms with E-state index in [2.05, 4.69) is 13.8 Å². The monoisotopic (exact) mass is 363 g/mol. The fourth-order valence-corrected chi connectivity index (χ4v) is 4.89. The Morgan fingerprint density at radius 3 is 2.36 bits per heavy atom. The second-order valence-corrected chi connectivity index (χ2v) is 7.49. The zero-order chi connectivity index (χ0) is 18.1. The number of halogens is 1. The topological polar surface area (TPSA) is 46.6 Å². The van der Waals surface area contributed by atoms with Crippen molar-refractivity contribution < 1.29 is 14.3 Å². The lowest BCUT2D eigenvalue weighted by atomic mass is 9.66. The van der Waals surface area contributed by atoms with Gasteiger partial charge in [0.1, 0.15) is 0 Å². The average molecular weight is 364 g/mol. The highest BCUT2D eigenvalue weighted by Gasteiger charge is 2.60. The van der Waals surface area contributed by atoms with Crippen LogP contribution in [0.1, 0.15) is 40.0 Å². The van der Waals surface area contributed by atoms with Gasteiger partial charge in [0.2, 0.25) is 5.91 Å². The van der Waals surface area contributed by atoms with E-state index in [0.29, 0.717) is 17.5 Å². The van der Waals surface area contributed by atoms with Crippen molar-refractivity contribution >= 4 is 29.2 Å². The van der Waals surface area contributed by atoms with Crippen LogP contribution in [0.25, 0.3) is 0 Å². The number of fused-ring (bicyclic) bond motifs is 2. The number of nitrogens with zero attached hydrogens (tertiary/aromatic N) is 1. The molecule has 1 aromatic carbocycles. The average Bonchev–Trinajstić information content (AvgIpc) is 2.85. The van der Waals surface area contributed by atoms with E-state index in [4.69, 9.17) is 16.3 Å². The first-order valence-electron chi connectivity index (χ1n) is 9.28. The molecular formula is C20H26ClNO3. The Bertz CT molecular complexity index is 645. The number of carbonyl (C=O) groups is 2. The van der Waals surface area contributed by atoms with Crippen molar-refractivity contribution in [3.05, 3.63) is 29.3 Å². The standard InChI is InChI=1S/C20H26ClNO3/c1-4-12-11-13(5-2)18-17(20(24)25-6-3)16(12)19(23)22(18)15-9-7-14(21)8-10-15/h7-10,12-13,16-18H,4-6,11H2,1-3H3. The van der Waals surface area contributed by atoms with E-state index < -0.39 is 0 Å². The molecule has 1 aromatic rings. The fraction of sp³-hybridized carbons (Fsp3) is 0.600. The van der Waals surface area contributed by atoms with E-state index in [9.17, 15) is 9.59 Å². The predicted octanol–water partition coefficient (Wildman–Crippen LogP) is 4.31. The molecule has 2 fully saturated rings. The summed E-state index contributed by atoms with van der Waals surface area (Å²) in [5, 5.41) is 0.638. The fourth-order valence-electron chi connectivity index (χ4n) is 4.76. The number of esters is 1. The first-order chi connectivity index (χ1) is 12.0. The summed E-state index contributed by atoms with van der Waals surface area (Å²) < 4.78 is 5.36. The number of hydrogen-bond acceptors (Lipinski definition) is 3. The first-order valence-corrected chi connectivity index (χ1v) is 9.66. The van der Waals surface area contributed by atoms with Gasteiger partial charge < -0.3 is 9.64 Å². The molecule has 5 heteroatoms. The van der Waals surface area contributed by atoms with E-state index in [1.807, 2.05) is 24.0 Å². The Labute approximate surface area is 154 Å². The van der Waals surface area contributed by atoms with Crippen molar-refractivity contribution in [1.82, 2.24) is 0 Å². The van der Waals surface area contributed by atoms with Crippen LogP contribution in [0.15, 0.2) is 24.3 Å². The van der Waals surface area contributed by atoms with E-state index in [0.717, 1.165) is 24.9 Å². The number of benzene rings is 1. The van der Waals surface area contributed by atoms with Gasteiger partial charge in [0, 0.05) is 10.7 Å². The van der Waals surface area contributed by atoms with Gasteiger partial charge in [-0.05, 0) is 49.4 Å². The zero-order valence-electron chi connectivity index (χ0n) is 15.1. The van der Waals surface area contributed by atoms with Gasteiger partial charge in [-0.2, -0.15) is 0 Å². The molecule has 1 aliphatic heterocycles. The van der Waals surface area contributed by atoms with Crippen molar-refractivity contribution in [3.63, 3.8) is 0 Å². The van der Waals surface area contributed by atoms with Crippen molar-refractivity contribution in [3.8, 4) is 0 Å². The molecule has 1 saturated heterocycles. The van der Waals surface area contributed by atoms with Crippen molar-refractivity contribution in [2.45, 2.75) is 46.1 Å². The highest BCUT2D eigenvalue weighted by molar-refractivity contribution is 6.30. The summed E-state index contributed by atoms with van der Waals surface area (Å²) >= 11 is 6.01. The maximum Gasteiger partial charge on any atom is 0.311 e. The molecule has 0 aromatic heterocycles. The minimum atomic E-state index is -0.369. The number of ether oxygens (including phenoxy) is 1. The van der Waals surface area contributed by atoms with E-state index in [-0.39, 0.29) is 35.7 Å². The van der Waals surface area contributed by atoms with Crippen LogP contribution in [0.4, 0.5) is 5.69 Å². The highest BCUT2D eigenvalue weighted by Crippen LogP contribution is 2.51. The van der Waals surface area contributed by atoms with Gasteiger partial charge in [0.05, 0.1) is 24.5 Å². The summed E-state index contributed by atoms with van der Waals surface area (Å²) in [4.78, 5) is 27.9. The molecule has 0 radical (unpaired) electrons. The Hall–Kier alpha value is -1.55. The number of rotatable bonds is 5. The largest absolute Gasteiger partial charge is 0.466 e. The van der Waals surface area contributed by atoms with Crippen LogP contribution in [-0.2, 0) is 14.3 Å². The molecule has 1 heterocycles. The molecule has 4 nitrogen and oxygen atoms in total. The molecule has 1 amide bonds.